The fraction of sp³-hybridized carbons (Fsp3) is 1.00. The highest BCUT2D eigenvalue weighted by molar-refractivity contribution is 5.04. The summed E-state index contributed by atoms with van der Waals surface area (Å²) < 4.78 is 6.15. The van der Waals surface area contributed by atoms with Gasteiger partial charge in [-0.25, -0.2) is 0 Å². The Balaban J connectivity index is 2.77. The lowest BCUT2D eigenvalue weighted by atomic mass is 9.82. The van der Waals surface area contributed by atoms with E-state index in [4.69, 9.17) is 10.5 Å². The van der Waals surface area contributed by atoms with Gasteiger partial charge >= 0.3 is 0 Å². The summed E-state index contributed by atoms with van der Waals surface area (Å²) in [4.78, 5) is 2.42. The molecule has 3 nitrogen and oxygen atoms in total. The van der Waals surface area contributed by atoms with Crippen molar-refractivity contribution >= 4 is 0 Å². The zero-order valence-corrected chi connectivity index (χ0v) is 13.4. The van der Waals surface area contributed by atoms with Crippen LogP contribution in [-0.4, -0.2) is 41.8 Å². The molecule has 1 saturated heterocycles. The third-order valence-electron chi connectivity index (χ3n) is 4.80. The largest absolute Gasteiger partial charge is 0.368 e. The summed E-state index contributed by atoms with van der Waals surface area (Å²) in [5.74, 6) is 1.03. The molecule has 0 radical (unpaired) electrons. The first-order valence-electron chi connectivity index (χ1n) is 7.15. The van der Waals surface area contributed by atoms with Crippen molar-refractivity contribution in [2.75, 3.05) is 13.6 Å². The molecular formula is C15H32N2O. The van der Waals surface area contributed by atoms with Crippen LogP contribution in [0.25, 0.3) is 0 Å². The number of hydrogen-bond acceptors (Lipinski definition) is 3. The standard InChI is InChI=1S/C15H32N2O/c1-10(2)11(3)17(8)9-12-13(16)15(6,7)18-14(12,4)5/h10-13H,9,16H2,1-8H3. The van der Waals surface area contributed by atoms with Crippen LogP contribution in [0.5, 0.6) is 0 Å². The summed E-state index contributed by atoms with van der Waals surface area (Å²) in [7, 11) is 2.19. The number of nitrogens with two attached hydrogens (primary N) is 1. The smallest absolute Gasteiger partial charge is 0.0788 e. The van der Waals surface area contributed by atoms with E-state index in [1.165, 1.54) is 0 Å². The van der Waals surface area contributed by atoms with Gasteiger partial charge in [-0.15, -0.1) is 0 Å². The van der Waals surface area contributed by atoms with Crippen LogP contribution in [0.2, 0.25) is 0 Å². The lowest BCUT2D eigenvalue weighted by Gasteiger charge is -2.35. The number of hydrogen-bond donors (Lipinski definition) is 1. The average Bonchev–Trinajstić information content (AvgIpc) is 2.35. The molecule has 0 aromatic rings. The SMILES string of the molecule is CC(C)C(C)N(C)CC1C(N)C(C)(C)OC1(C)C. The van der Waals surface area contributed by atoms with E-state index in [9.17, 15) is 0 Å². The van der Waals surface area contributed by atoms with Gasteiger partial charge < -0.3 is 15.4 Å². The van der Waals surface area contributed by atoms with E-state index in [1.807, 2.05) is 0 Å². The molecule has 1 heterocycles. The molecule has 1 rings (SSSR count). The lowest BCUT2D eigenvalue weighted by Crippen LogP contribution is -2.49. The Bertz CT molecular complexity index is 286. The zero-order chi connectivity index (χ0) is 14.3. The minimum atomic E-state index is -0.226. The lowest BCUT2D eigenvalue weighted by molar-refractivity contribution is -0.0788. The van der Waals surface area contributed by atoms with Gasteiger partial charge in [0.05, 0.1) is 11.2 Å². The minimum absolute atomic E-state index is 0.0920. The van der Waals surface area contributed by atoms with Crippen molar-refractivity contribution in [3.63, 3.8) is 0 Å². The van der Waals surface area contributed by atoms with Crippen molar-refractivity contribution in [1.82, 2.24) is 4.90 Å². The van der Waals surface area contributed by atoms with E-state index in [0.717, 1.165) is 6.54 Å². The summed E-state index contributed by atoms with van der Waals surface area (Å²) in [6.07, 6.45) is 0. The molecule has 2 N–H and O–H groups in total. The van der Waals surface area contributed by atoms with Crippen molar-refractivity contribution in [2.24, 2.45) is 17.6 Å². The summed E-state index contributed by atoms with van der Waals surface area (Å²) >= 11 is 0. The Kier molecular flexibility index (Phi) is 4.52. The topological polar surface area (TPSA) is 38.5 Å². The third-order valence-corrected chi connectivity index (χ3v) is 4.80. The van der Waals surface area contributed by atoms with Crippen molar-refractivity contribution in [2.45, 2.75) is 71.8 Å². The van der Waals surface area contributed by atoms with Gasteiger partial charge in [0.15, 0.2) is 0 Å². The van der Waals surface area contributed by atoms with Crippen LogP contribution >= 0.6 is 0 Å². The maximum atomic E-state index is 6.41. The molecule has 0 aromatic heterocycles. The molecule has 0 amide bonds. The first-order chi connectivity index (χ1) is 7.99. The van der Waals surface area contributed by atoms with E-state index in [-0.39, 0.29) is 17.2 Å². The minimum Gasteiger partial charge on any atom is -0.368 e. The second kappa shape index (κ2) is 5.10. The normalized spacial score (nSPS) is 32.2. The molecule has 0 aromatic carbocycles. The van der Waals surface area contributed by atoms with Gasteiger partial charge in [-0.3, -0.25) is 0 Å². The van der Waals surface area contributed by atoms with E-state index < -0.39 is 0 Å². The van der Waals surface area contributed by atoms with Crippen molar-refractivity contribution in [3.8, 4) is 0 Å². The van der Waals surface area contributed by atoms with Gasteiger partial charge in [-0.2, -0.15) is 0 Å². The van der Waals surface area contributed by atoms with E-state index >= 15 is 0 Å². The molecule has 18 heavy (non-hydrogen) atoms. The predicted octanol–water partition coefficient (Wildman–Crippen LogP) is 2.49. The van der Waals surface area contributed by atoms with Crippen molar-refractivity contribution in [3.05, 3.63) is 0 Å². The maximum Gasteiger partial charge on any atom is 0.0788 e. The number of rotatable bonds is 4. The molecule has 1 aliphatic rings. The van der Waals surface area contributed by atoms with Crippen LogP contribution in [0, 0.1) is 11.8 Å². The second-order valence-corrected chi connectivity index (χ2v) is 7.37. The molecule has 0 saturated carbocycles. The van der Waals surface area contributed by atoms with E-state index in [0.29, 0.717) is 17.9 Å². The average molecular weight is 256 g/mol. The quantitative estimate of drug-likeness (QED) is 0.840. The van der Waals surface area contributed by atoms with E-state index in [2.05, 4.69) is 60.4 Å². The van der Waals surface area contributed by atoms with Crippen LogP contribution in [0.15, 0.2) is 0 Å². The summed E-state index contributed by atoms with van der Waals surface area (Å²) in [6, 6.07) is 0.658. The van der Waals surface area contributed by atoms with Gasteiger partial charge in [0.25, 0.3) is 0 Å². The van der Waals surface area contributed by atoms with Crippen LogP contribution in [0.3, 0.4) is 0 Å². The molecule has 108 valence electrons. The Morgan fingerprint density at radius 1 is 1.11 bits per heavy atom. The fourth-order valence-electron chi connectivity index (χ4n) is 3.06. The first kappa shape index (κ1) is 15.9. The third kappa shape index (κ3) is 3.06. The Morgan fingerprint density at radius 2 is 1.61 bits per heavy atom. The van der Waals surface area contributed by atoms with E-state index in [1.54, 1.807) is 0 Å². The molecule has 0 aliphatic carbocycles. The summed E-state index contributed by atoms with van der Waals surface area (Å²) in [6.45, 7) is 16.3. The second-order valence-electron chi connectivity index (χ2n) is 7.37. The van der Waals surface area contributed by atoms with Crippen molar-refractivity contribution in [1.29, 1.82) is 0 Å². The van der Waals surface area contributed by atoms with Gasteiger partial charge in [-0.05, 0) is 47.6 Å². The molecule has 3 unspecified atom stereocenters. The van der Waals surface area contributed by atoms with Crippen LogP contribution in [0.1, 0.15) is 48.5 Å². The maximum absolute atomic E-state index is 6.41. The first-order valence-corrected chi connectivity index (χ1v) is 7.15. The zero-order valence-electron chi connectivity index (χ0n) is 13.4. The molecule has 1 aliphatic heterocycles. The molecule has 1 fully saturated rings. The van der Waals surface area contributed by atoms with Crippen molar-refractivity contribution < 1.29 is 4.74 Å². The summed E-state index contributed by atoms with van der Waals surface area (Å²) in [5.41, 5.74) is 6.03. The van der Waals surface area contributed by atoms with Crippen LogP contribution in [-0.2, 0) is 4.74 Å². The Labute approximate surface area is 113 Å². The monoisotopic (exact) mass is 256 g/mol. The van der Waals surface area contributed by atoms with Gasteiger partial charge in [0.2, 0.25) is 0 Å². The molecular weight excluding hydrogens is 224 g/mol. The van der Waals surface area contributed by atoms with Gasteiger partial charge in [0.1, 0.15) is 0 Å². The Hall–Kier alpha value is -0.120. The highest BCUT2D eigenvalue weighted by Gasteiger charge is 2.52. The molecule has 0 bridgehead atoms. The molecule has 3 heteroatoms. The highest BCUT2D eigenvalue weighted by Crippen LogP contribution is 2.41. The van der Waals surface area contributed by atoms with Gasteiger partial charge in [0, 0.05) is 24.5 Å². The van der Waals surface area contributed by atoms with Gasteiger partial charge in [-0.1, -0.05) is 13.8 Å². The molecule has 3 atom stereocenters. The fourth-order valence-corrected chi connectivity index (χ4v) is 3.06. The van der Waals surface area contributed by atoms with Crippen LogP contribution < -0.4 is 5.73 Å². The predicted molar refractivity (Wildman–Crippen MR) is 77.6 cm³/mol. The van der Waals surface area contributed by atoms with Crippen LogP contribution in [0.4, 0.5) is 0 Å². The number of ether oxygens (including phenoxy) is 1. The summed E-state index contributed by atoms with van der Waals surface area (Å²) in [5, 5.41) is 0. The number of nitrogens with zero attached hydrogens (tertiary/aromatic N) is 1. The highest BCUT2D eigenvalue weighted by atomic mass is 16.5. The molecule has 0 spiro atoms. The Morgan fingerprint density at radius 3 is 1.94 bits per heavy atom.